The topological polar surface area (TPSA) is 51.1 Å². The van der Waals surface area contributed by atoms with Crippen LogP contribution in [0.1, 0.15) is 12.0 Å². The molecule has 2 rings (SSSR count). The minimum Gasteiger partial charge on any atom is -0.355 e. The van der Waals surface area contributed by atoms with Crippen LogP contribution in [-0.4, -0.2) is 22.8 Å². The van der Waals surface area contributed by atoms with Crippen molar-refractivity contribution in [2.75, 3.05) is 12.3 Å². The fourth-order valence-electron chi connectivity index (χ4n) is 2.11. The lowest BCUT2D eigenvalue weighted by molar-refractivity contribution is -0.139. The predicted octanol–water partition coefficient (Wildman–Crippen LogP) is 3.30. The average Bonchev–Trinajstić information content (AvgIpc) is 2.57. The third-order valence-electron chi connectivity index (χ3n) is 3.37. The molecule has 0 spiro atoms. The number of nitrogens with one attached hydrogen (secondary N) is 1. The van der Waals surface area contributed by atoms with Crippen LogP contribution in [-0.2, 0) is 17.5 Å². The number of rotatable bonds is 7. The van der Waals surface area contributed by atoms with E-state index in [9.17, 15) is 27.2 Å². The standard InChI is InChI=1S/C17H16F4N2O2S/c18-12-4-6-13(7-5-12)26-10-2-8-22-15(24)11-23-9-1-3-14(16(23)25)17(19,20)21/h1,3-7,9H,2,8,10-11H2,(H,22,24). The molecule has 0 fully saturated rings. The molecule has 1 aromatic carbocycles. The summed E-state index contributed by atoms with van der Waals surface area (Å²) in [5.41, 5.74) is -2.55. The minimum absolute atomic E-state index is 0.313. The second kappa shape index (κ2) is 8.88. The molecule has 0 aliphatic rings. The van der Waals surface area contributed by atoms with E-state index in [-0.39, 0.29) is 5.82 Å². The average molecular weight is 388 g/mol. The molecule has 1 aromatic heterocycles. The Hall–Kier alpha value is -2.29. The summed E-state index contributed by atoms with van der Waals surface area (Å²) in [6, 6.07) is 7.78. The summed E-state index contributed by atoms with van der Waals surface area (Å²) in [7, 11) is 0. The molecule has 0 saturated carbocycles. The van der Waals surface area contributed by atoms with Gasteiger partial charge in [0.25, 0.3) is 5.56 Å². The van der Waals surface area contributed by atoms with Crippen molar-refractivity contribution in [3.63, 3.8) is 0 Å². The van der Waals surface area contributed by atoms with Crippen LogP contribution >= 0.6 is 11.8 Å². The summed E-state index contributed by atoms with van der Waals surface area (Å²) in [4.78, 5) is 24.4. The lowest BCUT2D eigenvalue weighted by Crippen LogP contribution is -2.35. The van der Waals surface area contributed by atoms with Crippen LogP contribution < -0.4 is 10.9 Å². The first-order chi connectivity index (χ1) is 12.3. The summed E-state index contributed by atoms with van der Waals surface area (Å²) in [6.45, 7) is -0.158. The molecule has 0 radical (unpaired) electrons. The molecule has 0 bridgehead atoms. The van der Waals surface area contributed by atoms with Gasteiger partial charge in [-0.15, -0.1) is 11.8 Å². The van der Waals surface area contributed by atoms with Crippen molar-refractivity contribution in [1.29, 1.82) is 0 Å². The van der Waals surface area contributed by atoms with Crippen molar-refractivity contribution in [2.24, 2.45) is 0 Å². The fourth-order valence-corrected chi connectivity index (χ4v) is 2.96. The normalized spacial score (nSPS) is 11.4. The van der Waals surface area contributed by atoms with Gasteiger partial charge in [0, 0.05) is 17.6 Å². The van der Waals surface area contributed by atoms with Crippen molar-refractivity contribution in [2.45, 2.75) is 24.0 Å². The molecule has 0 aliphatic carbocycles. The Balaban J connectivity index is 1.77. The Morgan fingerprint density at radius 2 is 1.85 bits per heavy atom. The van der Waals surface area contributed by atoms with E-state index >= 15 is 0 Å². The summed E-state index contributed by atoms with van der Waals surface area (Å²) < 4.78 is 51.5. The maximum Gasteiger partial charge on any atom is 0.421 e. The van der Waals surface area contributed by atoms with E-state index in [2.05, 4.69) is 5.32 Å². The van der Waals surface area contributed by atoms with E-state index in [0.29, 0.717) is 24.8 Å². The Bertz CT molecular complexity index is 804. The number of benzene rings is 1. The van der Waals surface area contributed by atoms with Crippen LogP contribution in [0.4, 0.5) is 17.6 Å². The van der Waals surface area contributed by atoms with E-state index in [1.54, 1.807) is 12.1 Å². The van der Waals surface area contributed by atoms with Gasteiger partial charge in [-0.05, 0) is 48.6 Å². The first-order valence-electron chi connectivity index (χ1n) is 7.69. The van der Waals surface area contributed by atoms with Crippen molar-refractivity contribution >= 4 is 17.7 Å². The number of carbonyl (C=O) groups is 1. The van der Waals surface area contributed by atoms with Gasteiger partial charge in [-0.1, -0.05) is 0 Å². The summed E-state index contributed by atoms with van der Waals surface area (Å²) in [6.07, 6.45) is -3.00. The van der Waals surface area contributed by atoms with Gasteiger partial charge in [-0.25, -0.2) is 4.39 Å². The molecule has 26 heavy (non-hydrogen) atoms. The van der Waals surface area contributed by atoms with Crippen LogP contribution in [0.25, 0.3) is 0 Å². The van der Waals surface area contributed by atoms with Crippen LogP contribution in [0.15, 0.2) is 52.3 Å². The first kappa shape index (κ1) is 20.0. The maximum absolute atomic E-state index is 12.8. The number of halogens is 4. The highest BCUT2D eigenvalue weighted by Gasteiger charge is 2.34. The Kier molecular flexibility index (Phi) is 6.84. The highest BCUT2D eigenvalue weighted by Crippen LogP contribution is 2.25. The largest absolute Gasteiger partial charge is 0.421 e. The van der Waals surface area contributed by atoms with E-state index in [4.69, 9.17) is 0 Å². The number of hydrogen-bond acceptors (Lipinski definition) is 3. The highest BCUT2D eigenvalue weighted by molar-refractivity contribution is 7.99. The molecule has 0 unspecified atom stereocenters. The van der Waals surface area contributed by atoms with E-state index in [0.717, 1.165) is 21.7 Å². The molecule has 0 atom stereocenters. The first-order valence-corrected chi connectivity index (χ1v) is 8.67. The maximum atomic E-state index is 12.8. The van der Waals surface area contributed by atoms with Gasteiger partial charge in [0.05, 0.1) is 0 Å². The van der Waals surface area contributed by atoms with Gasteiger partial charge in [0.2, 0.25) is 5.91 Å². The second-order valence-corrected chi connectivity index (χ2v) is 6.53. The van der Waals surface area contributed by atoms with Crippen molar-refractivity contribution in [3.05, 3.63) is 64.3 Å². The lowest BCUT2D eigenvalue weighted by Gasteiger charge is -2.10. The molecular weight excluding hydrogens is 372 g/mol. The van der Waals surface area contributed by atoms with Gasteiger partial charge in [0.1, 0.15) is 17.9 Å². The zero-order chi connectivity index (χ0) is 19.2. The zero-order valence-corrected chi connectivity index (χ0v) is 14.4. The van der Waals surface area contributed by atoms with Crippen LogP contribution in [0.2, 0.25) is 0 Å². The lowest BCUT2D eigenvalue weighted by atomic mass is 10.2. The molecule has 0 aliphatic heterocycles. The van der Waals surface area contributed by atoms with Gasteiger partial charge in [-0.3, -0.25) is 9.59 Å². The molecule has 140 valence electrons. The predicted molar refractivity (Wildman–Crippen MR) is 90.5 cm³/mol. The number of amides is 1. The Morgan fingerprint density at radius 1 is 1.15 bits per heavy atom. The number of thioether (sulfide) groups is 1. The Morgan fingerprint density at radius 3 is 2.50 bits per heavy atom. The van der Waals surface area contributed by atoms with Crippen LogP contribution in [0.5, 0.6) is 0 Å². The number of hydrogen-bond donors (Lipinski definition) is 1. The fraction of sp³-hybridized carbons (Fsp3) is 0.294. The third kappa shape index (κ3) is 5.91. The van der Waals surface area contributed by atoms with Crippen LogP contribution in [0, 0.1) is 5.82 Å². The quantitative estimate of drug-likeness (QED) is 0.450. The molecule has 2 aromatic rings. The van der Waals surface area contributed by atoms with E-state index < -0.39 is 29.8 Å². The Labute approximate surface area is 151 Å². The van der Waals surface area contributed by atoms with Crippen molar-refractivity contribution < 1.29 is 22.4 Å². The summed E-state index contributed by atoms with van der Waals surface area (Å²) >= 11 is 1.49. The molecule has 1 N–H and O–H groups in total. The molecule has 1 amide bonds. The zero-order valence-electron chi connectivity index (χ0n) is 13.6. The number of nitrogens with zero attached hydrogens (tertiary/aromatic N) is 1. The minimum atomic E-state index is -4.76. The second-order valence-electron chi connectivity index (χ2n) is 5.36. The number of pyridine rings is 1. The summed E-state index contributed by atoms with van der Waals surface area (Å²) in [5, 5.41) is 2.56. The van der Waals surface area contributed by atoms with Crippen LogP contribution in [0.3, 0.4) is 0 Å². The van der Waals surface area contributed by atoms with Gasteiger partial charge in [-0.2, -0.15) is 13.2 Å². The van der Waals surface area contributed by atoms with Gasteiger partial charge in [0.15, 0.2) is 0 Å². The molecular formula is C17H16F4N2O2S. The number of alkyl halides is 3. The van der Waals surface area contributed by atoms with Crippen molar-refractivity contribution in [3.8, 4) is 0 Å². The highest BCUT2D eigenvalue weighted by atomic mass is 32.2. The van der Waals surface area contributed by atoms with Crippen molar-refractivity contribution in [1.82, 2.24) is 9.88 Å². The SMILES string of the molecule is O=C(Cn1cccc(C(F)(F)F)c1=O)NCCCSc1ccc(F)cc1. The monoisotopic (exact) mass is 388 g/mol. The van der Waals surface area contributed by atoms with Gasteiger partial charge >= 0.3 is 6.18 Å². The third-order valence-corrected chi connectivity index (χ3v) is 4.46. The number of carbonyl (C=O) groups excluding carboxylic acids is 1. The molecule has 4 nitrogen and oxygen atoms in total. The number of aromatic nitrogens is 1. The van der Waals surface area contributed by atoms with E-state index in [1.807, 2.05) is 0 Å². The van der Waals surface area contributed by atoms with E-state index in [1.165, 1.54) is 23.9 Å². The molecule has 0 saturated heterocycles. The smallest absolute Gasteiger partial charge is 0.355 e. The molecule has 1 heterocycles. The summed E-state index contributed by atoms with van der Waals surface area (Å²) in [5.74, 6) is -0.181. The van der Waals surface area contributed by atoms with Gasteiger partial charge < -0.3 is 9.88 Å². The molecule has 9 heteroatoms.